The number of aliphatic hydroxyl groups is 6. The smallest absolute Gasteiger partial charge is 0.249 e. The van der Waals surface area contributed by atoms with Gasteiger partial charge in [0.1, 0.15) is 12.2 Å². The largest absolute Gasteiger partial charge is 0.396 e. The molecule has 1 atom stereocenters. The van der Waals surface area contributed by atoms with Crippen molar-refractivity contribution in [2.45, 2.75) is 32.5 Å². The highest BCUT2D eigenvalue weighted by molar-refractivity contribution is 5.81. The van der Waals surface area contributed by atoms with Gasteiger partial charge in [-0.3, -0.25) is 4.79 Å². The zero-order chi connectivity index (χ0) is 16.2. The van der Waals surface area contributed by atoms with Crippen LogP contribution in [0, 0.1) is 5.41 Å². The minimum absolute atomic E-state index is 0.000230. The van der Waals surface area contributed by atoms with Gasteiger partial charge in [0, 0.05) is 18.6 Å². The van der Waals surface area contributed by atoms with Gasteiger partial charge >= 0.3 is 0 Å². The third kappa shape index (κ3) is 10.1. The van der Waals surface area contributed by atoms with E-state index in [0.717, 1.165) is 0 Å². The molecule has 1 amide bonds. The summed E-state index contributed by atoms with van der Waals surface area (Å²) >= 11 is 0. The average Bonchev–Trinajstić information content (AvgIpc) is 2.46. The van der Waals surface area contributed by atoms with Gasteiger partial charge in [-0.25, -0.2) is 0 Å². The molecular weight excluding hydrogens is 270 g/mol. The van der Waals surface area contributed by atoms with Gasteiger partial charge < -0.3 is 36.0 Å². The van der Waals surface area contributed by atoms with Crippen molar-refractivity contribution >= 4 is 5.91 Å². The van der Waals surface area contributed by atoms with Crippen molar-refractivity contribution in [2.24, 2.45) is 5.41 Å². The summed E-state index contributed by atoms with van der Waals surface area (Å²) in [5.74, 6) is -0.516. The van der Waals surface area contributed by atoms with Crippen LogP contribution in [0.15, 0.2) is 0 Å². The Bertz CT molecular complexity index is 244. The molecule has 0 aliphatic carbocycles. The Morgan fingerprint density at radius 2 is 1.60 bits per heavy atom. The fourth-order valence-corrected chi connectivity index (χ4v) is 0.886. The van der Waals surface area contributed by atoms with E-state index < -0.39 is 23.5 Å². The van der Waals surface area contributed by atoms with Crippen LogP contribution in [-0.2, 0) is 4.79 Å². The summed E-state index contributed by atoms with van der Waals surface area (Å²) in [5.41, 5.74) is -0.844. The molecule has 0 bridgehead atoms. The van der Waals surface area contributed by atoms with Crippen molar-refractivity contribution in [3.63, 3.8) is 0 Å². The molecule has 0 aromatic carbocycles. The summed E-state index contributed by atoms with van der Waals surface area (Å²) in [4.78, 5) is 11.3. The summed E-state index contributed by atoms with van der Waals surface area (Å²) < 4.78 is 0. The standard InChI is InChI=1S/C9H19NO4.C3H8O3/c1-9(2,6-12)7(13)8(14)10-4-3-5-11;4-1-3(6)2-5/h7,11-13H,3-6H2,1-2H3,(H,10,14);3-6H,1-2H2/t7-;/m0./s1. The number of hydrogen-bond donors (Lipinski definition) is 7. The minimum Gasteiger partial charge on any atom is -0.396 e. The van der Waals surface area contributed by atoms with Crippen LogP contribution in [0.4, 0.5) is 0 Å². The maximum Gasteiger partial charge on any atom is 0.249 e. The third-order valence-corrected chi connectivity index (χ3v) is 2.45. The first-order chi connectivity index (χ1) is 9.26. The first kappa shape index (κ1) is 21.5. The molecule has 0 saturated carbocycles. The van der Waals surface area contributed by atoms with Crippen LogP contribution in [-0.4, -0.2) is 81.7 Å². The van der Waals surface area contributed by atoms with Crippen molar-refractivity contribution in [3.8, 4) is 0 Å². The van der Waals surface area contributed by atoms with E-state index in [1.807, 2.05) is 0 Å². The Balaban J connectivity index is 0. The molecule has 122 valence electrons. The van der Waals surface area contributed by atoms with Crippen LogP contribution >= 0.6 is 0 Å². The second-order valence-corrected chi connectivity index (χ2v) is 4.94. The summed E-state index contributed by atoms with van der Waals surface area (Å²) in [7, 11) is 0. The molecule has 0 aliphatic rings. The lowest BCUT2D eigenvalue weighted by Crippen LogP contribution is -2.45. The van der Waals surface area contributed by atoms with E-state index in [2.05, 4.69) is 5.32 Å². The van der Waals surface area contributed by atoms with Gasteiger partial charge in [0.2, 0.25) is 5.91 Å². The Kier molecular flexibility index (Phi) is 12.9. The van der Waals surface area contributed by atoms with Gasteiger partial charge in [0.05, 0.1) is 19.8 Å². The van der Waals surface area contributed by atoms with Crippen LogP contribution in [0.1, 0.15) is 20.3 Å². The third-order valence-electron chi connectivity index (χ3n) is 2.45. The Morgan fingerprint density at radius 3 is 1.90 bits per heavy atom. The van der Waals surface area contributed by atoms with Crippen molar-refractivity contribution < 1.29 is 35.4 Å². The van der Waals surface area contributed by atoms with Crippen LogP contribution < -0.4 is 5.32 Å². The van der Waals surface area contributed by atoms with Crippen molar-refractivity contribution in [3.05, 3.63) is 0 Å². The number of hydrogen-bond acceptors (Lipinski definition) is 7. The van der Waals surface area contributed by atoms with Crippen molar-refractivity contribution in [2.75, 3.05) is 33.0 Å². The maximum atomic E-state index is 11.3. The molecule has 0 rings (SSSR count). The summed E-state index contributed by atoms with van der Waals surface area (Å²) in [6.45, 7) is 2.54. The SMILES string of the molecule is CC(C)(CO)[C@@H](O)C(=O)NCCCO.OCC(O)CO. The molecule has 0 unspecified atom stereocenters. The number of rotatable bonds is 8. The van der Waals surface area contributed by atoms with Crippen LogP contribution in [0.3, 0.4) is 0 Å². The fourth-order valence-electron chi connectivity index (χ4n) is 0.886. The molecule has 0 aromatic rings. The molecule has 0 radical (unpaired) electrons. The molecule has 8 heteroatoms. The second-order valence-electron chi connectivity index (χ2n) is 4.94. The zero-order valence-corrected chi connectivity index (χ0v) is 12.0. The molecule has 8 nitrogen and oxygen atoms in total. The Labute approximate surface area is 118 Å². The van der Waals surface area contributed by atoms with Crippen LogP contribution in [0.2, 0.25) is 0 Å². The normalized spacial score (nSPS) is 12.7. The molecule has 0 aliphatic heterocycles. The monoisotopic (exact) mass is 297 g/mol. The molecule has 0 saturated heterocycles. The van der Waals surface area contributed by atoms with E-state index in [1.54, 1.807) is 13.8 Å². The van der Waals surface area contributed by atoms with Gasteiger partial charge in [0.15, 0.2) is 0 Å². The number of nitrogens with one attached hydrogen (secondary N) is 1. The molecule has 20 heavy (non-hydrogen) atoms. The first-order valence-corrected chi connectivity index (χ1v) is 6.34. The van der Waals surface area contributed by atoms with Crippen molar-refractivity contribution in [1.82, 2.24) is 5.32 Å². The predicted molar refractivity (Wildman–Crippen MR) is 71.8 cm³/mol. The average molecular weight is 297 g/mol. The van der Waals surface area contributed by atoms with Gasteiger partial charge in [-0.05, 0) is 6.42 Å². The summed E-state index contributed by atoms with van der Waals surface area (Å²) in [6.07, 6.45) is -1.73. The van der Waals surface area contributed by atoms with Gasteiger partial charge in [-0.15, -0.1) is 0 Å². The van der Waals surface area contributed by atoms with Crippen molar-refractivity contribution in [1.29, 1.82) is 0 Å². The zero-order valence-electron chi connectivity index (χ0n) is 12.0. The number of carbonyl (C=O) groups excluding carboxylic acids is 1. The number of amides is 1. The molecule has 0 fully saturated rings. The van der Waals surface area contributed by atoms with E-state index in [0.29, 0.717) is 13.0 Å². The topological polar surface area (TPSA) is 150 Å². The first-order valence-electron chi connectivity index (χ1n) is 6.34. The molecule has 0 aromatic heterocycles. The van der Waals surface area contributed by atoms with Crippen LogP contribution in [0.25, 0.3) is 0 Å². The summed E-state index contributed by atoms with van der Waals surface area (Å²) in [5, 5.41) is 53.4. The van der Waals surface area contributed by atoms with E-state index in [4.69, 9.17) is 25.5 Å². The predicted octanol–water partition coefficient (Wildman–Crippen LogP) is -2.80. The number of carbonyl (C=O) groups is 1. The fraction of sp³-hybridized carbons (Fsp3) is 0.917. The lowest BCUT2D eigenvalue weighted by Gasteiger charge is -2.27. The molecular formula is C12H27NO7. The number of aliphatic hydroxyl groups excluding tert-OH is 6. The molecule has 0 heterocycles. The Morgan fingerprint density at radius 1 is 1.10 bits per heavy atom. The van der Waals surface area contributed by atoms with E-state index in [9.17, 15) is 9.90 Å². The van der Waals surface area contributed by atoms with Gasteiger partial charge in [-0.2, -0.15) is 0 Å². The highest BCUT2D eigenvalue weighted by atomic mass is 16.3. The summed E-state index contributed by atoms with van der Waals surface area (Å²) in [6, 6.07) is 0. The highest BCUT2D eigenvalue weighted by Gasteiger charge is 2.32. The minimum atomic E-state index is -1.23. The lowest BCUT2D eigenvalue weighted by molar-refractivity contribution is -0.137. The van der Waals surface area contributed by atoms with E-state index >= 15 is 0 Å². The lowest BCUT2D eigenvalue weighted by atomic mass is 9.87. The molecule has 0 spiro atoms. The Hall–Kier alpha value is -0.770. The molecule has 7 N–H and O–H groups in total. The van der Waals surface area contributed by atoms with Crippen LogP contribution in [0.5, 0.6) is 0 Å². The highest BCUT2D eigenvalue weighted by Crippen LogP contribution is 2.19. The quantitative estimate of drug-likeness (QED) is 0.239. The maximum absolute atomic E-state index is 11.3. The second kappa shape index (κ2) is 12.0. The van der Waals surface area contributed by atoms with Gasteiger partial charge in [-0.1, -0.05) is 13.8 Å². The van der Waals surface area contributed by atoms with E-state index in [1.165, 1.54) is 0 Å². The van der Waals surface area contributed by atoms with Gasteiger partial charge in [0.25, 0.3) is 0 Å². The van der Waals surface area contributed by atoms with E-state index in [-0.39, 0.29) is 26.4 Å².